The molecule has 0 bridgehead atoms. The fourth-order valence-corrected chi connectivity index (χ4v) is 4.25. The molecule has 0 saturated carbocycles. The lowest BCUT2D eigenvalue weighted by atomic mass is 10.2. The second kappa shape index (κ2) is 6.53. The van der Waals surface area contributed by atoms with Gasteiger partial charge < -0.3 is 11.1 Å². The number of rotatable bonds is 5. The summed E-state index contributed by atoms with van der Waals surface area (Å²) < 4.78 is 13.8. The molecule has 7 heteroatoms. The molecule has 21 heavy (non-hydrogen) atoms. The molecule has 0 aliphatic rings. The van der Waals surface area contributed by atoms with Gasteiger partial charge in [-0.15, -0.1) is 11.3 Å². The molecule has 2 aromatic rings. The van der Waals surface area contributed by atoms with Crippen molar-refractivity contribution in [2.45, 2.75) is 42.8 Å². The van der Waals surface area contributed by atoms with Crippen molar-refractivity contribution in [3.8, 4) is 0 Å². The number of carbonyl (C=O) groups is 1. The second-order valence-electron chi connectivity index (χ2n) is 4.96. The van der Waals surface area contributed by atoms with Gasteiger partial charge in [-0.1, -0.05) is 6.92 Å². The minimum atomic E-state index is -1.46. The molecule has 1 aromatic carbocycles. The molecule has 1 amide bonds. The molecular formula is C14H19N3O2S2. The van der Waals surface area contributed by atoms with Crippen LogP contribution in [0.2, 0.25) is 0 Å². The zero-order valence-corrected chi connectivity index (χ0v) is 13.9. The Morgan fingerprint density at radius 1 is 1.48 bits per heavy atom. The normalized spacial score (nSPS) is 15.6. The topological polar surface area (TPSA) is 85.1 Å². The summed E-state index contributed by atoms with van der Waals surface area (Å²) in [6, 6.07) is 5.43. The SMILES string of the molecule is CCC(C)NC(=O)C(C)S(=O)c1nc2ccc(N)cc2s1. The second-order valence-corrected chi connectivity index (χ2v) is 7.94. The maximum absolute atomic E-state index is 12.5. The molecular weight excluding hydrogens is 306 g/mol. The van der Waals surface area contributed by atoms with Gasteiger partial charge in [-0.05, 0) is 38.5 Å². The highest BCUT2D eigenvalue weighted by molar-refractivity contribution is 7.88. The van der Waals surface area contributed by atoms with Crippen molar-refractivity contribution >= 4 is 43.9 Å². The van der Waals surface area contributed by atoms with Gasteiger partial charge in [0.1, 0.15) is 5.25 Å². The maximum atomic E-state index is 12.5. The predicted octanol–water partition coefficient (Wildman–Crippen LogP) is 2.29. The van der Waals surface area contributed by atoms with E-state index in [0.717, 1.165) is 16.6 Å². The predicted molar refractivity (Wildman–Crippen MR) is 87.8 cm³/mol. The lowest BCUT2D eigenvalue weighted by Crippen LogP contribution is -2.40. The number of anilines is 1. The lowest BCUT2D eigenvalue weighted by Gasteiger charge is -2.14. The Morgan fingerprint density at radius 2 is 2.19 bits per heavy atom. The molecule has 1 aromatic heterocycles. The molecule has 3 unspecified atom stereocenters. The number of carbonyl (C=O) groups excluding carboxylic acids is 1. The van der Waals surface area contributed by atoms with Crippen LogP contribution in [-0.2, 0) is 15.6 Å². The molecule has 0 saturated heterocycles. The fourth-order valence-electron chi connectivity index (χ4n) is 1.72. The van der Waals surface area contributed by atoms with Crippen molar-refractivity contribution in [3.63, 3.8) is 0 Å². The van der Waals surface area contributed by atoms with E-state index in [-0.39, 0.29) is 11.9 Å². The number of nitrogens with two attached hydrogens (primary N) is 1. The van der Waals surface area contributed by atoms with Crippen LogP contribution in [0.1, 0.15) is 27.2 Å². The van der Waals surface area contributed by atoms with Gasteiger partial charge >= 0.3 is 0 Å². The van der Waals surface area contributed by atoms with Crippen molar-refractivity contribution in [3.05, 3.63) is 18.2 Å². The summed E-state index contributed by atoms with van der Waals surface area (Å²) in [6.45, 7) is 5.58. The Labute approximate surface area is 130 Å². The Hall–Kier alpha value is -1.47. The third-order valence-corrected chi connectivity index (χ3v) is 6.10. The Kier molecular flexibility index (Phi) is 4.95. The zero-order valence-electron chi connectivity index (χ0n) is 12.3. The van der Waals surface area contributed by atoms with Crippen molar-refractivity contribution in [1.29, 1.82) is 0 Å². The van der Waals surface area contributed by atoms with Crippen LogP contribution in [0.25, 0.3) is 10.2 Å². The van der Waals surface area contributed by atoms with E-state index in [9.17, 15) is 9.00 Å². The highest BCUT2D eigenvalue weighted by Crippen LogP contribution is 2.27. The molecule has 0 aliphatic heterocycles. The molecule has 2 rings (SSSR count). The van der Waals surface area contributed by atoms with E-state index in [1.807, 2.05) is 13.8 Å². The molecule has 0 fully saturated rings. The summed E-state index contributed by atoms with van der Waals surface area (Å²) in [5.41, 5.74) is 7.13. The smallest absolute Gasteiger partial charge is 0.236 e. The number of benzene rings is 1. The van der Waals surface area contributed by atoms with Crippen molar-refractivity contribution in [1.82, 2.24) is 10.3 Å². The van der Waals surface area contributed by atoms with E-state index in [1.54, 1.807) is 25.1 Å². The van der Waals surface area contributed by atoms with Crippen LogP contribution in [0.15, 0.2) is 22.5 Å². The van der Waals surface area contributed by atoms with Crippen LogP contribution in [-0.4, -0.2) is 26.4 Å². The molecule has 1 heterocycles. The number of thiazole rings is 1. The first-order chi connectivity index (χ1) is 9.92. The van der Waals surface area contributed by atoms with Crippen molar-refractivity contribution in [2.24, 2.45) is 0 Å². The summed E-state index contributed by atoms with van der Waals surface area (Å²) in [5.74, 6) is -0.207. The first kappa shape index (κ1) is 15.9. The minimum absolute atomic E-state index is 0.0760. The van der Waals surface area contributed by atoms with Crippen LogP contribution in [0, 0.1) is 0 Å². The summed E-state index contributed by atoms with van der Waals surface area (Å²) >= 11 is 1.32. The summed E-state index contributed by atoms with van der Waals surface area (Å²) in [6.07, 6.45) is 0.839. The van der Waals surface area contributed by atoms with Gasteiger partial charge in [0, 0.05) is 11.7 Å². The lowest BCUT2D eigenvalue weighted by molar-refractivity contribution is -0.120. The zero-order chi connectivity index (χ0) is 15.6. The number of amides is 1. The quantitative estimate of drug-likeness (QED) is 0.826. The highest BCUT2D eigenvalue weighted by atomic mass is 32.2. The average Bonchev–Trinajstić information content (AvgIpc) is 2.88. The fraction of sp³-hybridized carbons (Fsp3) is 0.429. The molecule has 114 valence electrons. The standard InChI is InChI=1S/C14H19N3O2S2/c1-4-8(2)16-13(18)9(3)21(19)14-17-11-6-5-10(15)7-12(11)20-14/h5-9H,4,15H2,1-3H3,(H,16,18). The minimum Gasteiger partial charge on any atom is -0.399 e. The first-order valence-electron chi connectivity index (χ1n) is 6.79. The molecule has 3 atom stereocenters. The number of nitrogen functional groups attached to an aromatic ring is 1. The van der Waals surface area contributed by atoms with Crippen LogP contribution in [0.5, 0.6) is 0 Å². The molecule has 0 spiro atoms. The van der Waals surface area contributed by atoms with Gasteiger partial charge in [-0.2, -0.15) is 0 Å². The van der Waals surface area contributed by atoms with Crippen molar-refractivity contribution in [2.75, 3.05) is 5.73 Å². The van der Waals surface area contributed by atoms with E-state index in [4.69, 9.17) is 5.73 Å². The van der Waals surface area contributed by atoms with Gasteiger partial charge in [0.15, 0.2) is 4.34 Å². The highest BCUT2D eigenvalue weighted by Gasteiger charge is 2.24. The number of nitrogens with zero attached hydrogens (tertiary/aromatic N) is 1. The third kappa shape index (κ3) is 3.59. The molecule has 0 radical (unpaired) electrons. The van der Waals surface area contributed by atoms with E-state index in [2.05, 4.69) is 10.3 Å². The number of nitrogens with one attached hydrogen (secondary N) is 1. The van der Waals surface area contributed by atoms with Crippen LogP contribution < -0.4 is 11.1 Å². The van der Waals surface area contributed by atoms with Gasteiger partial charge in [0.25, 0.3) is 0 Å². The Balaban J connectivity index is 2.19. The summed E-state index contributed by atoms with van der Waals surface area (Å²) in [7, 11) is -1.46. The summed E-state index contributed by atoms with van der Waals surface area (Å²) in [4.78, 5) is 16.4. The van der Waals surface area contributed by atoms with Gasteiger partial charge in [0.2, 0.25) is 5.91 Å². The molecule has 0 aliphatic carbocycles. The van der Waals surface area contributed by atoms with Crippen LogP contribution in [0.4, 0.5) is 5.69 Å². The number of fused-ring (bicyclic) bond motifs is 1. The van der Waals surface area contributed by atoms with Gasteiger partial charge in [0.05, 0.1) is 21.0 Å². The maximum Gasteiger partial charge on any atom is 0.236 e. The Morgan fingerprint density at radius 3 is 2.86 bits per heavy atom. The van der Waals surface area contributed by atoms with Crippen LogP contribution >= 0.6 is 11.3 Å². The number of aromatic nitrogens is 1. The number of hydrogen-bond acceptors (Lipinski definition) is 5. The van der Waals surface area contributed by atoms with E-state index in [0.29, 0.717) is 10.0 Å². The first-order valence-corrected chi connectivity index (χ1v) is 8.82. The third-order valence-electron chi connectivity index (χ3n) is 3.26. The number of hydrogen-bond donors (Lipinski definition) is 2. The van der Waals surface area contributed by atoms with E-state index < -0.39 is 16.0 Å². The molecule has 3 N–H and O–H groups in total. The van der Waals surface area contributed by atoms with E-state index in [1.165, 1.54) is 11.3 Å². The van der Waals surface area contributed by atoms with Crippen molar-refractivity contribution < 1.29 is 9.00 Å². The van der Waals surface area contributed by atoms with Gasteiger partial charge in [-0.3, -0.25) is 9.00 Å². The summed E-state index contributed by atoms with van der Waals surface area (Å²) in [5, 5.41) is 2.22. The van der Waals surface area contributed by atoms with Crippen LogP contribution in [0.3, 0.4) is 0 Å². The van der Waals surface area contributed by atoms with E-state index >= 15 is 0 Å². The Bertz CT molecular complexity index is 684. The molecule has 5 nitrogen and oxygen atoms in total. The average molecular weight is 325 g/mol. The monoisotopic (exact) mass is 325 g/mol. The largest absolute Gasteiger partial charge is 0.399 e. The van der Waals surface area contributed by atoms with Gasteiger partial charge in [-0.25, -0.2) is 4.98 Å².